The van der Waals surface area contributed by atoms with Crippen LogP contribution in [0.2, 0.25) is 0 Å². The van der Waals surface area contributed by atoms with Crippen molar-refractivity contribution in [3.05, 3.63) is 94.8 Å². The van der Waals surface area contributed by atoms with E-state index in [4.69, 9.17) is 11.0 Å². The topological polar surface area (TPSA) is 53.7 Å². The third-order valence-corrected chi connectivity index (χ3v) is 4.18. The molecule has 2 aromatic carbocycles. The van der Waals surface area contributed by atoms with Gasteiger partial charge in [0.05, 0.1) is 11.6 Å². The van der Waals surface area contributed by atoms with E-state index < -0.39 is 0 Å². The SMILES string of the molecule is C[n+]1c(/C=C/c2ccc(N)cc2)cccc1/C=C/c1ccc(C#N)cc1. The molecular formula is C23H20N3+. The van der Waals surface area contributed by atoms with Crippen LogP contribution in [0.4, 0.5) is 5.69 Å². The number of aromatic nitrogens is 1. The van der Waals surface area contributed by atoms with Crippen LogP contribution in [0.3, 0.4) is 0 Å². The monoisotopic (exact) mass is 338 g/mol. The summed E-state index contributed by atoms with van der Waals surface area (Å²) >= 11 is 0. The van der Waals surface area contributed by atoms with Crippen molar-refractivity contribution in [3.8, 4) is 6.07 Å². The van der Waals surface area contributed by atoms with E-state index in [2.05, 4.69) is 41.0 Å². The van der Waals surface area contributed by atoms with Crippen molar-refractivity contribution in [2.75, 3.05) is 5.73 Å². The molecule has 3 aromatic rings. The van der Waals surface area contributed by atoms with Crippen LogP contribution < -0.4 is 10.3 Å². The molecule has 0 aliphatic heterocycles. The molecule has 0 saturated carbocycles. The van der Waals surface area contributed by atoms with Crippen LogP contribution >= 0.6 is 0 Å². The normalized spacial score (nSPS) is 11.1. The zero-order chi connectivity index (χ0) is 18.4. The Labute approximate surface area is 154 Å². The van der Waals surface area contributed by atoms with Gasteiger partial charge in [-0.15, -0.1) is 0 Å². The minimum atomic E-state index is 0.669. The predicted molar refractivity (Wildman–Crippen MR) is 107 cm³/mol. The minimum Gasteiger partial charge on any atom is -0.399 e. The number of benzene rings is 2. The van der Waals surface area contributed by atoms with Crippen molar-refractivity contribution >= 4 is 30.0 Å². The summed E-state index contributed by atoms with van der Waals surface area (Å²) in [6.45, 7) is 0. The van der Waals surface area contributed by atoms with Crippen LogP contribution in [0, 0.1) is 11.3 Å². The molecule has 0 atom stereocenters. The van der Waals surface area contributed by atoms with Gasteiger partial charge in [-0.05, 0) is 53.6 Å². The maximum atomic E-state index is 8.87. The van der Waals surface area contributed by atoms with E-state index in [1.165, 1.54) is 0 Å². The lowest BCUT2D eigenvalue weighted by Gasteiger charge is -1.99. The maximum Gasteiger partial charge on any atom is 0.205 e. The van der Waals surface area contributed by atoms with Gasteiger partial charge < -0.3 is 5.73 Å². The Kier molecular flexibility index (Phi) is 5.26. The first kappa shape index (κ1) is 17.2. The second-order valence-corrected chi connectivity index (χ2v) is 6.00. The standard InChI is InChI=1S/C23H19N3/c1-26-22(15-11-18-5-7-20(17-24)8-6-18)3-2-4-23(26)16-12-19-9-13-21(25)14-10-19/h2-16,25H,1H3/p+1/b15-11+. The molecule has 0 bridgehead atoms. The number of rotatable bonds is 4. The average Bonchev–Trinajstić information content (AvgIpc) is 2.68. The lowest BCUT2D eigenvalue weighted by atomic mass is 10.1. The number of hydrogen-bond donors (Lipinski definition) is 1. The van der Waals surface area contributed by atoms with Gasteiger partial charge in [0.1, 0.15) is 7.05 Å². The van der Waals surface area contributed by atoms with E-state index in [0.717, 1.165) is 28.2 Å². The molecule has 0 saturated heterocycles. The number of nitrogens with zero attached hydrogens (tertiary/aromatic N) is 2. The largest absolute Gasteiger partial charge is 0.399 e. The molecule has 0 amide bonds. The quantitative estimate of drug-likeness (QED) is 0.569. The molecule has 2 N–H and O–H groups in total. The summed E-state index contributed by atoms with van der Waals surface area (Å²) in [7, 11) is 2.04. The third kappa shape index (κ3) is 4.25. The highest BCUT2D eigenvalue weighted by Gasteiger charge is 2.07. The number of nitriles is 1. The Hall–Kier alpha value is -3.64. The number of hydrogen-bond acceptors (Lipinski definition) is 2. The second-order valence-electron chi connectivity index (χ2n) is 6.00. The molecule has 26 heavy (non-hydrogen) atoms. The zero-order valence-corrected chi connectivity index (χ0v) is 14.6. The first-order valence-corrected chi connectivity index (χ1v) is 8.36. The van der Waals surface area contributed by atoms with E-state index in [1.807, 2.05) is 67.7 Å². The molecule has 0 fully saturated rings. The van der Waals surface area contributed by atoms with E-state index in [1.54, 1.807) is 0 Å². The van der Waals surface area contributed by atoms with Gasteiger partial charge in [0.2, 0.25) is 11.4 Å². The molecule has 1 aromatic heterocycles. The smallest absolute Gasteiger partial charge is 0.205 e. The van der Waals surface area contributed by atoms with Crippen LogP contribution in [-0.4, -0.2) is 0 Å². The van der Waals surface area contributed by atoms with Crippen LogP contribution in [0.1, 0.15) is 28.1 Å². The number of anilines is 1. The predicted octanol–water partition coefficient (Wildman–Crippen LogP) is 4.31. The fourth-order valence-electron chi connectivity index (χ4n) is 2.59. The first-order valence-electron chi connectivity index (χ1n) is 8.36. The van der Waals surface area contributed by atoms with Crippen molar-refractivity contribution in [3.63, 3.8) is 0 Å². The van der Waals surface area contributed by atoms with Gasteiger partial charge in [0, 0.05) is 30.0 Å². The second kappa shape index (κ2) is 7.96. The van der Waals surface area contributed by atoms with Crippen molar-refractivity contribution in [2.45, 2.75) is 0 Å². The van der Waals surface area contributed by atoms with E-state index >= 15 is 0 Å². The lowest BCUT2D eigenvalue weighted by Crippen LogP contribution is -2.35. The van der Waals surface area contributed by atoms with Gasteiger partial charge in [-0.25, -0.2) is 0 Å². The molecule has 3 heteroatoms. The number of pyridine rings is 1. The Balaban J connectivity index is 1.81. The fraction of sp³-hybridized carbons (Fsp3) is 0.0435. The van der Waals surface area contributed by atoms with Gasteiger partial charge in [0.15, 0.2) is 0 Å². The molecule has 0 aliphatic carbocycles. The highest BCUT2D eigenvalue weighted by atomic mass is 14.9. The highest BCUT2D eigenvalue weighted by molar-refractivity contribution is 5.69. The minimum absolute atomic E-state index is 0.669. The number of nitrogen functional groups attached to an aromatic ring is 1. The summed E-state index contributed by atoms with van der Waals surface area (Å²) in [5, 5.41) is 8.87. The fourth-order valence-corrected chi connectivity index (χ4v) is 2.59. The summed E-state index contributed by atoms with van der Waals surface area (Å²) in [5.41, 5.74) is 11.5. The summed E-state index contributed by atoms with van der Waals surface area (Å²) in [6, 6.07) is 23.7. The molecule has 0 unspecified atom stereocenters. The van der Waals surface area contributed by atoms with Crippen LogP contribution in [0.5, 0.6) is 0 Å². The summed E-state index contributed by atoms with van der Waals surface area (Å²) in [4.78, 5) is 0. The molecule has 0 radical (unpaired) electrons. The zero-order valence-electron chi connectivity index (χ0n) is 14.6. The van der Waals surface area contributed by atoms with E-state index in [0.29, 0.717) is 5.56 Å². The molecule has 0 aliphatic rings. The van der Waals surface area contributed by atoms with Gasteiger partial charge in [-0.3, -0.25) is 0 Å². The van der Waals surface area contributed by atoms with Gasteiger partial charge in [-0.1, -0.05) is 24.3 Å². The Morgan fingerprint density at radius 3 is 1.77 bits per heavy atom. The highest BCUT2D eigenvalue weighted by Crippen LogP contribution is 2.11. The summed E-state index contributed by atoms with van der Waals surface area (Å²) in [5.74, 6) is 0. The van der Waals surface area contributed by atoms with E-state index in [9.17, 15) is 0 Å². The van der Waals surface area contributed by atoms with E-state index in [-0.39, 0.29) is 0 Å². The van der Waals surface area contributed by atoms with Crippen molar-refractivity contribution in [1.82, 2.24) is 0 Å². The van der Waals surface area contributed by atoms with Crippen molar-refractivity contribution in [2.24, 2.45) is 7.05 Å². The Morgan fingerprint density at radius 1 is 0.769 bits per heavy atom. The lowest BCUT2D eigenvalue weighted by molar-refractivity contribution is -0.675. The van der Waals surface area contributed by atoms with Gasteiger partial charge >= 0.3 is 0 Å². The Bertz CT molecular complexity index is 989. The molecule has 0 spiro atoms. The number of nitrogens with two attached hydrogens (primary N) is 1. The molecular weight excluding hydrogens is 318 g/mol. The Morgan fingerprint density at radius 2 is 1.27 bits per heavy atom. The van der Waals surface area contributed by atoms with Crippen LogP contribution in [0.25, 0.3) is 24.3 Å². The summed E-state index contributed by atoms with van der Waals surface area (Å²) in [6.07, 6.45) is 8.28. The van der Waals surface area contributed by atoms with Crippen LogP contribution in [-0.2, 0) is 7.05 Å². The van der Waals surface area contributed by atoms with Crippen LogP contribution in [0.15, 0.2) is 66.7 Å². The van der Waals surface area contributed by atoms with Crippen molar-refractivity contribution < 1.29 is 4.57 Å². The maximum absolute atomic E-state index is 8.87. The molecule has 126 valence electrons. The molecule has 3 nitrogen and oxygen atoms in total. The van der Waals surface area contributed by atoms with Gasteiger partial charge in [-0.2, -0.15) is 9.83 Å². The first-order chi connectivity index (χ1) is 12.7. The molecule has 3 rings (SSSR count). The third-order valence-electron chi connectivity index (χ3n) is 4.18. The molecule has 1 heterocycles. The van der Waals surface area contributed by atoms with Crippen molar-refractivity contribution in [1.29, 1.82) is 5.26 Å². The average molecular weight is 338 g/mol. The van der Waals surface area contributed by atoms with Gasteiger partial charge in [0.25, 0.3) is 0 Å². The summed E-state index contributed by atoms with van der Waals surface area (Å²) < 4.78 is 2.13.